The molecule has 0 spiro atoms. The zero-order valence-electron chi connectivity index (χ0n) is 10.7. The molecule has 1 fully saturated rings. The van der Waals surface area contributed by atoms with E-state index in [1.807, 2.05) is 18.2 Å². The summed E-state index contributed by atoms with van der Waals surface area (Å²) in [6, 6.07) is 5.91. The Labute approximate surface area is 131 Å². The van der Waals surface area contributed by atoms with Gasteiger partial charge in [0.15, 0.2) is 0 Å². The molecule has 5 heteroatoms. The lowest BCUT2D eigenvalue weighted by atomic mass is 10.3. The molecule has 0 bridgehead atoms. The first-order valence-corrected chi connectivity index (χ1v) is 8.22. The number of anilines is 1. The fraction of sp³-hybridized carbons (Fsp3) is 0.571. The summed E-state index contributed by atoms with van der Waals surface area (Å²) in [6.07, 6.45) is 4.65. The van der Waals surface area contributed by atoms with Crippen LogP contribution in [-0.2, 0) is 4.74 Å². The smallest absolute Gasteiger partial charge is 0.0945 e. The molecular formula is C14H19Br2NO2. The number of benzene rings is 1. The van der Waals surface area contributed by atoms with Crippen molar-refractivity contribution in [2.45, 2.75) is 37.9 Å². The van der Waals surface area contributed by atoms with Crippen LogP contribution in [0.3, 0.4) is 0 Å². The van der Waals surface area contributed by atoms with Gasteiger partial charge in [-0.1, -0.05) is 28.8 Å². The van der Waals surface area contributed by atoms with E-state index < -0.39 is 6.10 Å². The maximum Gasteiger partial charge on any atom is 0.0945 e. The highest BCUT2D eigenvalue weighted by Crippen LogP contribution is 2.26. The van der Waals surface area contributed by atoms with Crippen molar-refractivity contribution in [2.75, 3.05) is 18.5 Å². The summed E-state index contributed by atoms with van der Waals surface area (Å²) in [5.74, 6) is 0. The van der Waals surface area contributed by atoms with Crippen LogP contribution in [0.15, 0.2) is 27.1 Å². The third-order valence-corrected chi connectivity index (χ3v) is 4.47. The molecule has 0 amide bonds. The first kappa shape index (κ1) is 15.3. The molecule has 3 nitrogen and oxygen atoms in total. The van der Waals surface area contributed by atoms with Crippen molar-refractivity contribution in [3.63, 3.8) is 0 Å². The molecule has 1 atom stereocenters. The van der Waals surface area contributed by atoms with Gasteiger partial charge in [0.2, 0.25) is 0 Å². The maximum atomic E-state index is 9.92. The molecule has 106 valence electrons. The van der Waals surface area contributed by atoms with Crippen LogP contribution in [0.4, 0.5) is 5.69 Å². The van der Waals surface area contributed by atoms with Crippen LogP contribution in [0.1, 0.15) is 25.7 Å². The molecule has 0 aromatic heterocycles. The van der Waals surface area contributed by atoms with Crippen molar-refractivity contribution in [1.82, 2.24) is 0 Å². The number of hydrogen-bond donors (Lipinski definition) is 2. The van der Waals surface area contributed by atoms with Crippen molar-refractivity contribution in [2.24, 2.45) is 0 Å². The van der Waals surface area contributed by atoms with Crippen LogP contribution in [0.2, 0.25) is 0 Å². The van der Waals surface area contributed by atoms with E-state index in [-0.39, 0.29) is 0 Å². The summed E-state index contributed by atoms with van der Waals surface area (Å²) >= 11 is 6.91. The Hall–Kier alpha value is -0.100. The Morgan fingerprint density at radius 2 is 2.05 bits per heavy atom. The normalized spacial score (nSPS) is 17.6. The lowest BCUT2D eigenvalue weighted by molar-refractivity contribution is -0.00117. The van der Waals surface area contributed by atoms with E-state index in [2.05, 4.69) is 37.2 Å². The second-order valence-corrected chi connectivity index (χ2v) is 6.67. The zero-order chi connectivity index (χ0) is 13.7. The third-order valence-electron chi connectivity index (χ3n) is 3.28. The van der Waals surface area contributed by atoms with Crippen molar-refractivity contribution >= 4 is 37.5 Å². The highest BCUT2D eigenvalue weighted by molar-refractivity contribution is 9.11. The molecule has 1 aromatic carbocycles. The molecule has 0 saturated heterocycles. The molecule has 1 aromatic rings. The molecule has 2 rings (SSSR count). The van der Waals surface area contributed by atoms with Crippen LogP contribution in [0.25, 0.3) is 0 Å². The van der Waals surface area contributed by atoms with Crippen LogP contribution >= 0.6 is 31.9 Å². The molecule has 0 aliphatic heterocycles. The van der Waals surface area contributed by atoms with Crippen LogP contribution in [0.5, 0.6) is 0 Å². The fourth-order valence-corrected chi connectivity index (χ4v) is 2.97. The average molecular weight is 393 g/mol. The van der Waals surface area contributed by atoms with E-state index in [4.69, 9.17) is 4.74 Å². The second kappa shape index (κ2) is 7.62. The van der Waals surface area contributed by atoms with Crippen molar-refractivity contribution in [3.05, 3.63) is 27.1 Å². The van der Waals surface area contributed by atoms with Crippen molar-refractivity contribution in [1.29, 1.82) is 0 Å². The summed E-state index contributed by atoms with van der Waals surface area (Å²) in [6.45, 7) is 0.894. The van der Waals surface area contributed by atoms with E-state index in [1.54, 1.807) is 0 Å². The molecule has 1 saturated carbocycles. The minimum absolute atomic E-state index is 0.354. The standard InChI is InChI=1S/C14H19Br2NO2/c15-10-5-6-13(16)14(7-10)17-8-11(18)9-19-12-3-1-2-4-12/h5-7,11-12,17-18H,1-4,8-9H2. The number of ether oxygens (including phenoxy) is 1. The SMILES string of the molecule is OC(CNc1cc(Br)ccc1Br)COC1CCCC1. The van der Waals surface area contributed by atoms with Gasteiger partial charge in [0.05, 0.1) is 18.8 Å². The van der Waals surface area contributed by atoms with Gasteiger partial charge in [-0.3, -0.25) is 0 Å². The van der Waals surface area contributed by atoms with E-state index in [9.17, 15) is 5.11 Å². The topological polar surface area (TPSA) is 41.5 Å². The second-order valence-electron chi connectivity index (χ2n) is 4.90. The minimum Gasteiger partial charge on any atom is -0.389 e. The number of aliphatic hydroxyl groups excluding tert-OH is 1. The molecule has 2 N–H and O–H groups in total. The van der Waals surface area contributed by atoms with E-state index >= 15 is 0 Å². The van der Waals surface area contributed by atoms with E-state index in [1.165, 1.54) is 12.8 Å². The Kier molecular flexibility index (Phi) is 6.13. The first-order chi connectivity index (χ1) is 9.15. The maximum absolute atomic E-state index is 9.92. The van der Waals surface area contributed by atoms with E-state index in [0.717, 1.165) is 27.5 Å². The number of nitrogens with one attached hydrogen (secondary N) is 1. The number of rotatable bonds is 6. The predicted octanol–water partition coefficient (Wildman–Crippen LogP) is 3.94. The quantitative estimate of drug-likeness (QED) is 0.770. The summed E-state index contributed by atoms with van der Waals surface area (Å²) in [5.41, 5.74) is 0.967. The highest BCUT2D eigenvalue weighted by atomic mass is 79.9. The summed E-state index contributed by atoms with van der Waals surface area (Å²) in [4.78, 5) is 0. The van der Waals surface area contributed by atoms with Crippen LogP contribution in [-0.4, -0.2) is 30.5 Å². The van der Waals surface area contributed by atoms with Crippen LogP contribution in [0, 0.1) is 0 Å². The van der Waals surface area contributed by atoms with Gasteiger partial charge in [-0.2, -0.15) is 0 Å². The highest BCUT2D eigenvalue weighted by Gasteiger charge is 2.16. The number of hydrogen-bond acceptors (Lipinski definition) is 3. The molecule has 19 heavy (non-hydrogen) atoms. The molecule has 1 aliphatic carbocycles. The first-order valence-electron chi connectivity index (χ1n) is 6.64. The predicted molar refractivity (Wildman–Crippen MR) is 84.5 cm³/mol. The molecule has 1 aliphatic rings. The van der Waals surface area contributed by atoms with Crippen molar-refractivity contribution in [3.8, 4) is 0 Å². The Balaban J connectivity index is 1.73. The average Bonchev–Trinajstić information content (AvgIpc) is 2.90. The number of aliphatic hydroxyl groups is 1. The molecule has 0 radical (unpaired) electrons. The van der Waals surface area contributed by atoms with Gasteiger partial charge in [0, 0.05) is 21.2 Å². The van der Waals surface area contributed by atoms with Gasteiger partial charge < -0.3 is 15.2 Å². The Morgan fingerprint density at radius 1 is 1.32 bits per heavy atom. The lowest BCUT2D eigenvalue weighted by Gasteiger charge is -2.17. The fourth-order valence-electron chi connectivity index (χ4n) is 2.22. The van der Waals surface area contributed by atoms with Gasteiger partial charge in [-0.15, -0.1) is 0 Å². The van der Waals surface area contributed by atoms with Crippen LogP contribution < -0.4 is 5.32 Å². The van der Waals surface area contributed by atoms with Gasteiger partial charge in [-0.05, 0) is 47.0 Å². The molecular weight excluding hydrogens is 374 g/mol. The zero-order valence-corrected chi connectivity index (χ0v) is 13.9. The monoisotopic (exact) mass is 391 g/mol. The van der Waals surface area contributed by atoms with Gasteiger partial charge >= 0.3 is 0 Å². The summed E-state index contributed by atoms with van der Waals surface area (Å²) in [7, 11) is 0. The van der Waals surface area contributed by atoms with Crippen molar-refractivity contribution < 1.29 is 9.84 Å². The summed E-state index contributed by atoms with van der Waals surface area (Å²) < 4.78 is 7.69. The lowest BCUT2D eigenvalue weighted by Crippen LogP contribution is -2.27. The largest absolute Gasteiger partial charge is 0.389 e. The van der Waals surface area contributed by atoms with E-state index in [0.29, 0.717) is 19.3 Å². The Bertz CT molecular complexity index is 408. The molecule has 0 heterocycles. The number of halogens is 2. The summed E-state index contributed by atoms with van der Waals surface area (Å²) in [5, 5.41) is 13.1. The Morgan fingerprint density at radius 3 is 2.79 bits per heavy atom. The molecule has 1 unspecified atom stereocenters. The van der Waals surface area contributed by atoms with Gasteiger partial charge in [0.1, 0.15) is 0 Å². The van der Waals surface area contributed by atoms with Gasteiger partial charge in [0.25, 0.3) is 0 Å². The van der Waals surface area contributed by atoms with Gasteiger partial charge in [-0.25, -0.2) is 0 Å². The third kappa shape index (κ3) is 5.06. The minimum atomic E-state index is -0.480.